The van der Waals surface area contributed by atoms with E-state index < -0.39 is 10.0 Å². The van der Waals surface area contributed by atoms with Gasteiger partial charge in [-0.2, -0.15) is 0 Å². The molecule has 0 aromatic carbocycles. The first-order valence-corrected chi connectivity index (χ1v) is 6.78. The molecule has 0 saturated heterocycles. The molecule has 0 bridgehead atoms. The number of aromatic nitrogens is 2. The van der Waals surface area contributed by atoms with E-state index in [1.807, 2.05) is 6.07 Å². The fourth-order valence-electron chi connectivity index (χ4n) is 1.21. The van der Waals surface area contributed by atoms with Crippen LogP contribution in [-0.2, 0) is 16.4 Å². The van der Waals surface area contributed by atoms with Crippen LogP contribution in [0.15, 0.2) is 12.4 Å². The average Bonchev–Trinajstić information content (AvgIpc) is 2.17. The van der Waals surface area contributed by atoms with E-state index in [9.17, 15) is 8.42 Å². The van der Waals surface area contributed by atoms with Gasteiger partial charge >= 0.3 is 0 Å². The minimum absolute atomic E-state index is 0.111. The second-order valence-corrected chi connectivity index (χ2v) is 5.17. The van der Waals surface area contributed by atoms with Crippen molar-refractivity contribution in [3.05, 3.63) is 18.1 Å². The first kappa shape index (κ1) is 12.9. The van der Waals surface area contributed by atoms with Crippen LogP contribution in [0.2, 0.25) is 0 Å². The smallest absolute Gasteiger partial charge is 0.210 e. The Bertz CT molecular complexity index is 433. The SMILES string of the molecule is CCCc1cc(NCCS(N)(=O)=O)ncn1. The summed E-state index contributed by atoms with van der Waals surface area (Å²) in [5, 5.41) is 7.77. The Balaban J connectivity index is 2.51. The van der Waals surface area contributed by atoms with Gasteiger partial charge in [-0.15, -0.1) is 0 Å². The van der Waals surface area contributed by atoms with Crippen molar-refractivity contribution in [3.8, 4) is 0 Å². The van der Waals surface area contributed by atoms with E-state index in [2.05, 4.69) is 22.2 Å². The summed E-state index contributed by atoms with van der Waals surface area (Å²) < 4.78 is 21.4. The molecule has 0 aliphatic carbocycles. The monoisotopic (exact) mass is 244 g/mol. The lowest BCUT2D eigenvalue weighted by Crippen LogP contribution is -2.22. The van der Waals surface area contributed by atoms with Gasteiger partial charge in [-0.05, 0) is 6.42 Å². The van der Waals surface area contributed by atoms with Crippen molar-refractivity contribution >= 4 is 15.8 Å². The zero-order valence-corrected chi connectivity index (χ0v) is 10.00. The van der Waals surface area contributed by atoms with Crippen molar-refractivity contribution in [2.75, 3.05) is 17.6 Å². The van der Waals surface area contributed by atoms with Crippen molar-refractivity contribution < 1.29 is 8.42 Å². The van der Waals surface area contributed by atoms with E-state index in [0.717, 1.165) is 18.5 Å². The van der Waals surface area contributed by atoms with Crippen LogP contribution in [0.5, 0.6) is 0 Å². The fourth-order valence-corrected chi connectivity index (χ4v) is 1.60. The van der Waals surface area contributed by atoms with Gasteiger partial charge in [0.25, 0.3) is 0 Å². The molecule has 0 aliphatic heterocycles. The average molecular weight is 244 g/mol. The Morgan fingerprint density at radius 2 is 2.19 bits per heavy atom. The maximum atomic E-state index is 10.7. The summed E-state index contributed by atoms with van der Waals surface area (Å²) in [6, 6.07) is 1.81. The third-order valence-electron chi connectivity index (χ3n) is 1.92. The number of hydrogen-bond acceptors (Lipinski definition) is 5. The number of rotatable bonds is 6. The number of nitrogens with zero attached hydrogens (tertiary/aromatic N) is 2. The Morgan fingerprint density at radius 1 is 1.44 bits per heavy atom. The molecule has 0 radical (unpaired) electrons. The lowest BCUT2D eigenvalue weighted by molar-refractivity contribution is 0.598. The van der Waals surface area contributed by atoms with Crippen molar-refractivity contribution in [1.29, 1.82) is 0 Å². The number of nitrogens with two attached hydrogens (primary N) is 1. The Hall–Kier alpha value is -1.21. The van der Waals surface area contributed by atoms with Crippen LogP contribution in [0.25, 0.3) is 0 Å². The van der Waals surface area contributed by atoms with Gasteiger partial charge in [0.2, 0.25) is 10.0 Å². The summed E-state index contributed by atoms with van der Waals surface area (Å²) in [7, 11) is -3.42. The van der Waals surface area contributed by atoms with Gasteiger partial charge in [0.15, 0.2) is 0 Å². The highest BCUT2D eigenvalue weighted by atomic mass is 32.2. The number of aryl methyl sites for hydroxylation is 1. The molecule has 1 aromatic rings. The highest BCUT2D eigenvalue weighted by molar-refractivity contribution is 7.89. The van der Waals surface area contributed by atoms with Crippen LogP contribution < -0.4 is 10.5 Å². The Morgan fingerprint density at radius 3 is 2.81 bits per heavy atom. The number of nitrogens with one attached hydrogen (secondary N) is 1. The molecule has 6 nitrogen and oxygen atoms in total. The predicted octanol–water partition coefficient (Wildman–Crippen LogP) is 0.130. The van der Waals surface area contributed by atoms with Crippen LogP contribution in [0, 0.1) is 0 Å². The summed E-state index contributed by atoms with van der Waals surface area (Å²) in [6.07, 6.45) is 3.35. The first-order valence-electron chi connectivity index (χ1n) is 5.06. The van der Waals surface area contributed by atoms with Crippen molar-refractivity contribution in [1.82, 2.24) is 9.97 Å². The summed E-state index contributed by atoms with van der Waals surface area (Å²) in [5.74, 6) is 0.516. The molecule has 0 atom stereocenters. The van der Waals surface area contributed by atoms with E-state index in [1.54, 1.807) is 0 Å². The standard InChI is InChI=1S/C9H16N4O2S/c1-2-3-8-6-9(13-7-12-8)11-4-5-16(10,14)15/h6-7H,2-5H2,1H3,(H2,10,14,15)(H,11,12,13). The molecule has 0 aliphatic rings. The van der Waals surface area contributed by atoms with E-state index in [-0.39, 0.29) is 12.3 Å². The van der Waals surface area contributed by atoms with Crippen LogP contribution in [-0.4, -0.2) is 30.7 Å². The van der Waals surface area contributed by atoms with E-state index in [1.165, 1.54) is 6.33 Å². The van der Waals surface area contributed by atoms with Crippen LogP contribution in [0.1, 0.15) is 19.0 Å². The molecule has 1 aromatic heterocycles. The summed E-state index contributed by atoms with van der Waals surface area (Å²) in [5.41, 5.74) is 0.940. The largest absolute Gasteiger partial charge is 0.369 e. The molecular weight excluding hydrogens is 228 g/mol. The molecule has 0 fully saturated rings. The van der Waals surface area contributed by atoms with E-state index in [0.29, 0.717) is 5.82 Å². The quantitative estimate of drug-likeness (QED) is 0.741. The van der Waals surface area contributed by atoms with E-state index in [4.69, 9.17) is 5.14 Å². The minimum atomic E-state index is -3.42. The molecule has 16 heavy (non-hydrogen) atoms. The van der Waals surface area contributed by atoms with E-state index >= 15 is 0 Å². The van der Waals surface area contributed by atoms with Crippen molar-refractivity contribution in [2.24, 2.45) is 5.14 Å². The number of sulfonamides is 1. The van der Waals surface area contributed by atoms with Crippen LogP contribution in [0.3, 0.4) is 0 Å². The second kappa shape index (κ2) is 5.76. The van der Waals surface area contributed by atoms with Gasteiger partial charge in [-0.1, -0.05) is 13.3 Å². The summed E-state index contributed by atoms with van der Waals surface area (Å²) >= 11 is 0. The topological polar surface area (TPSA) is 98.0 Å². The fraction of sp³-hybridized carbons (Fsp3) is 0.556. The third-order valence-corrected chi connectivity index (χ3v) is 2.70. The molecule has 0 spiro atoms. The number of hydrogen-bond donors (Lipinski definition) is 2. The van der Waals surface area contributed by atoms with Gasteiger partial charge in [0, 0.05) is 18.3 Å². The van der Waals surface area contributed by atoms with Gasteiger partial charge < -0.3 is 5.32 Å². The molecule has 1 heterocycles. The minimum Gasteiger partial charge on any atom is -0.369 e. The zero-order chi connectivity index (χ0) is 12.0. The molecule has 1 rings (SSSR count). The van der Waals surface area contributed by atoms with Crippen molar-refractivity contribution in [2.45, 2.75) is 19.8 Å². The normalized spacial score (nSPS) is 11.4. The maximum absolute atomic E-state index is 10.7. The van der Waals surface area contributed by atoms with Crippen LogP contribution in [0.4, 0.5) is 5.82 Å². The molecule has 0 saturated carbocycles. The van der Waals surface area contributed by atoms with Gasteiger partial charge in [0.1, 0.15) is 12.1 Å². The lowest BCUT2D eigenvalue weighted by Gasteiger charge is -2.05. The molecule has 0 amide bonds. The highest BCUT2D eigenvalue weighted by Gasteiger charge is 2.02. The Labute approximate surface area is 95.3 Å². The van der Waals surface area contributed by atoms with Crippen LogP contribution >= 0.6 is 0 Å². The highest BCUT2D eigenvalue weighted by Crippen LogP contribution is 2.05. The summed E-state index contributed by atoms with van der Waals surface area (Å²) in [6.45, 7) is 2.32. The number of anilines is 1. The molecular formula is C9H16N4O2S. The molecule has 0 unspecified atom stereocenters. The molecule has 90 valence electrons. The summed E-state index contributed by atoms with van der Waals surface area (Å²) in [4.78, 5) is 8.08. The number of primary sulfonamides is 1. The van der Waals surface area contributed by atoms with Crippen molar-refractivity contribution in [3.63, 3.8) is 0 Å². The molecule has 3 N–H and O–H groups in total. The first-order chi connectivity index (χ1) is 7.51. The zero-order valence-electron chi connectivity index (χ0n) is 9.18. The third kappa shape index (κ3) is 5.04. The van der Waals surface area contributed by atoms with Gasteiger partial charge in [-0.3, -0.25) is 0 Å². The maximum Gasteiger partial charge on any atom is 0.210 e. The second-order valence-electron chi connectivity index (χ2n) is 3.44. The van der Waals surface area contributed by atoms with Gasteiger partial charge in [0.05, 0.1) is 5.75 Å². The molecule has 7 heteroatoms. The lowest BCUT2D eigenvalue weighted by atomic mass is 10.2. The predicted molar refractivity (Wildman–Crippen MR) is 62.5 cm³/mol. The van der Waals surface area contributed by atoms with Gasteiger partial charge in [-0.25, -0.2) is 23.5 Å². The Kier molecular flexibility index (Phi) is 4.63.